The van der Waals surface area contributed by atoms with E-state index < -0.39 is 0 Å². The smallest absolute Gasteiger partial charge is 0.0754 e. The molecule has 0 spiro atoms. The van der Waals surface area contributed by atoms with Gasteiger partial charge in [0.05, 0.1) is 6.67 Å². The lowest BCUT2D eigenvalue weighted by molar-refractivity contribution is 0.221. The van der Waals surface area contributed by atoms with Crippen LogP contribution < -0.4 is 0 Å². The van der Waals surface area contributed by atoms with Crippen LogP contribution in [-0.2, 0) is 0 Å². The molecule has 0 atom stereocenters. The fourth-order valence-corrected chi connectivity index (χ4v) is 1.32. The van der Waals surface area contributed by atoms with Crippen LogP contribution in [0.5, 0.6) is 0 Å². The molecule has 0 aromatic heterocycles. The SMILES string of the molecule is C=CCN(CC=C)CN(C(=C)C)C(=C)C. The van der Waals surface area contributed by atoms with Gasteiger partial charge in [0.2, 0.25) is 0 Å². The summed E-state index contributed by atoms with van der Waals surface area (Å²) in [6.07, 6.45) is 3.77. The molecule has 0 amide bonds. The van der Waals surface area contributed by atoms with Gasteiger partial charge < -0.3 is 4.90 Å². The van der Waals surface area contributed by atoms with E-state index in [2.05, 4.69) is 36.1 Å². The third-order valence-electron chi connectivity index (χ3n) is 2.04. The van der Waals surface area contributed by atoms with Gasteiger partial charge in [0.25, 0.3) is 0 Å². The molecular weight excluding hydrogens is 184 g/mol. The third-order valence-corrected chi connectivity index (χ3v) is 2.04. The van der Waals surface area contributed by atoms with Gasteiger partial charge in [0.1, 0.15) is 0 Å². The first-order chi connectivity index (χ1) is 7.02. The van der Waals surface area contributed by atoms with E-state index in [9.17, 15) is 0 Å². The van der Waals surface area contributed by atoms with Crippen molar-refractivity contribution in [2.45, 2.75) is 13.8 Å². The van der Waals surface area contributed by atoms with E-state index in [1.54, 1.807) is 0 Å². The molecule has 0 fully saturated rings. The highest BCUT2D eigenvalue weighted by atomic mass is 15.3. The zero-order valence-electron chi connectivity index (χ0n) is 10.00. The van der Waals surface area contributed by atoms with Crippen LogP contribution in [0, 0.1) is 0 Å². The summed E-state index contributed by atoms with van der Waals surface area (Å²) in [4.78, 5) is 4.29. The molecule has 0 aromatic carbocycles. The van der Waals surface area contributed by atoms with Gasteiger partial charge in [-0.2, -0.15) is 0 Å². The minimum absolute atomic E-state index is 0.780. The summed E-state index contributed by atoms with van der Waals surface area (Å²) in [5, 5.41) is 0. The quantitative estimate of drug-likeness (QED) is 0.445. The van der Waals surface area contributed by atoms with Gasteiger partial charge in [0, 0.05) is 24.5 Å². The summed E-state index contributed by atoms with van der Waals surface area (Å²) in [6.45, 7) is 21.8. The van der Waals surface area contributed by atoms with Crippen molar-refractivity contribution in [2.75, 3.05) is 19.8 Å². The summed E-state index contributed by atoms with van der Waals surface area (Å²) < 4.78 is 0. The Labute approximate surface area is 93.9 Å². The Balaban J connectivity index is 4.44. The van der Waals surface area contributed by atoms with Crippen LogP contribution in [0.3, 0.4) is 0 Å². The van der Waals surface area contributed by atoms with Crippen molar-refractivity contribution in [1.29, 1.82) is 0 Å². The first-order valence-corrected chi connectivity index (χ1v) is 5.05. The van der Waals surface area contributed by atoms with Gasteiger partial charge in [0.15, 0.2) is 0 Å². The minimum atomic E-state index is 0.780. The summed E-state index contributed by atoms with van der Waals surface area (Å²) >= 11 is 0. The fourth-order valence-electron chi connectivity index (χ4n) is 1.32. The van der Waals surface area contributed by atoms with Gasteiger partial charge in [-0.25, -0.2) is 0 Å². The molecule has 0 saturated heterocycles. The van der Waals surface area contributed by atoms with Gasteiger partial charge in [-0.05, 0) is 13.8 Å². The Kier molecular flexibility index (Phi) is 6.47. The zero-order valence-corrected chi connectivity index (χ0v) is 10.00. The predicted octanol–water partition coefficient (Wildman–Crippen LogP) is 2.99. The Morgan fingerprint density at radius 1 is 1.00 bits per heavy atom. The van der Waals surface area contributed by atoms with Crippen LogP contribution in [0.2, 0.25) is 0 Å². The maximum absolute atomic E-state index is 3.94. The molecular formula is C13H22N2. The lowest BCUT2D eigenvalue weighted by atomic mass is 10.4. The Bertz CT molecular complexity index is 229. The Morgan fingerprint density at radius 3 is 1.67 bits per heavy atom. The minimum Gasteiger partial charge on any atom is -0.337 e. The van der Waals surface area contributed by atoms with E-state index in [0.717, 1.165) is 31.2 Å². The molecule has 2 heteroatoms. The molecule has 0 unspecified atom stereocenters. The molecule has 0 radical (unpaired) electrons. The van der Waals surface area contributed by atoms with Crippen LogP contribution in [0.4, 0.5) is 0 Å². The molecule has 0 aliphatic carbocycles. The number of allylic oxidation sites excluding steroid dienone is 2. The number of hydrogen-bond donors (Lipinski definition) is 0. The molecule has 2 nitrogen and oxygen atoms in total. The normalized spacial score (nSPS) is 9.80. The molecule has 0 bridgehead atoms. The lowest BCUT2D eigenvalue weighted by Gasteiger charge is -2.31. The highest BCUT2D eigenvalue weighted by Crippen LogP contribution is 2.09. The Hall–Kier alpha value is -1.28. The second-order valence-electron chi connectivity index (χ2n) is 3.65. The summed E-state index contributed by atoms with van der Waals surface area (Å²) in [5.74, 6) is 0. The second-order valence-corrected chi connectivity index (χ2v) is 3.65. The highest BCUT2D eigenvalue weighted by Gasteiger charge is 2.09. The molecule has 0 rings (SSSR count). The van der Waals surface area contributed by atoms with Crippen LogP contribution in [0.1, 0.15) is 13.8 Å². The number of hydrogen-bond acceptors (Lipinski definition) is 2. The van der Waals surface area contributed by atoms with E-state index in [1.807, 2.05) is 26.0 Å². The maximum atomic E-state index is 3.94. The van der Waals surface area contributed by atoms with E-state index in [4.69, 9.17) is 0 Å². The third kappa shape index (κ3) is 5.23. The monoisotopic (exact) mass is 206 g/mol. The molecule has 0 N–H and O–H groups in total. The average molecular weight is 206 g/mol. The molecule has 0 heterocycles. The van der Waals surface area contributed by atoms with Crippen molar-refractivity contribution >= 4 is 0 Å². The van der Waals surface area contributed by atoms with Crippen molar-refractivity contribution < 1.29 is 0 Å². The van der Waals surface area contributed by atoms with Crippen LogP contribution in [-0.4, -0.2) is 29.6 Å². The van der Waals surface area contributed by atoms with Crippen LogP contribution in [0.15, 0.2) is 49.9 Å². The highest BCUT2D eigenvalue weighted by molar-refractivity contribution is 5.02. The average Bonchev–Trinajstić information content (AvgIpc) is 2.13. The van der Waals surface area contributed by atoms with Gasteiger partial charge in [-0.1, -0.05) is 25.3 Å². The van der Waals surface area contributed by atoms with Crippen molar-refractivity contribution in [3.63, 3.8) is 0 Å². The van der Waals surface area contributed by atoms with Crippen molar-refractivity contribution in [3.8, 4) is 0 Å². The van der Waals surface area contributed by atoms with Crippen LogP contribution >= 0.6 is 0 Å². The van der Waals surface area contributed by atoms with E-state index >= 15 is 0 Å². The summed E-state index contributed by atoms with van der Waals surface area (Å²) in [5.41, 5.74) is 2.00. The largest absolute Gasteiger partial charge is 0.337 e. The molecule has 0 aliphatic rings. The Morgan fingerprint density at radius 2 is 1.40 bits per heavy atom. The number of rotatable bonds is 8. The topological polar surface area (TPSA) is 6.48 Å². The summed E-state index contributed by atoms with van der Waals surface area (Å²) in [7, 11) is 0. The van der Waals surface area contributed by atoms with Gasteiger partial charge in [-0.3, -0.25) is 4.90 Å². The van der Waals surface area contributed by atoms with Crippen molar-refractivity contribution in [3.05, 3.63) is 49.9 Å². The van der Waals surface area contributed by atoms with Crippen molar-refractivity contribution in [2.24, 2.45) is 0 Å². The fraction of sp³-hybridized carbons (Fsp3) is 0.385. The second kappa shape index (κ2) is 7.07. The first kappa shape index (κ1) is 13.7. The van der Waals surface area contributed by atoms with Crippen molar-refractivity contribution in [1.82, 2.24) is 9.80 Å². The predicted molar refractivity (Wildman–Crippen MR) is 68.3 cm³/mol. The number of nitrogens with zero attached hydrogens (tertiary/aromatic N) is 2. The van der Waals surface area contributed by atoms with E-state index in [0.29, 0.717) is 0 Å². The summed E-state index contributed by atoms with van der Waals surface area (Å²) in [6, 6.07) is 0. The van der Waals surface area contributed by atoms with Gasteiger partial charge in [-0.15, -0.1) is 13.2 Å². The molecule has 84 valence electrons. The van der Waals surface area contributed by atoms with Crippen LogP contribution in [0.25, 0.3) is 0 Å². The molecule has 0 aromatic rings. The van der Waals surface area contributed by atoms with E-state index in [-0.39, 0.29) is 0 Å². The first-order valence-electron chi connectivity index (χ1n) is 5.05. The maximum Gasteiger partial charge on any atom is 0.0754 e. The molecule has 15 heavy (non-hydrogen) atoms. The zero-order chi connectivity index (χ0) is 11.8. The lowest BCUT2D eigenvalue weighted by Crippen LogP contribution is -2.35. The molecule has 0 aliphatic heterocycles. The van der Waals surface area contributed by atoms with E-state index in [1.165, 1.54) is 0 Å². The molecule has 0 saturated carbocycles. The standard InChI is InChI=1S/C13H22N2/c1-7-9-14(10-8-2)11-15(12(3)4)13(5)6/h7-8H,1-3,5,9-11H2,4,6H3. The van der Waals surface area contributed by atoms with Gasteiger partial charge >= 0.3 is 0 Å².